The maximum absolute atomic E-state index is 12.9. The highest BCUT2D eigenvalue weighted by Gasteiger charge is 2.24. The Morgan fingerprint density at radius 3 is 2.65 bits per heavy atom. The number of carbonyl (C=O) groups excluding carboxylic acids is 1. The van der Waals surface area contributed by atoms with E-state index in [1.54, 1.807) is 14.2 Å². The van der Waals surface area contributed by atoms with E-state index in [1.165, 1.54) is 4.90 Å². The van der Waals surface area contributed by atoms with Crippen LogP contribution in [-0.2, 0) is 15.9 Å². The number of benzene rings is 1. The lowest BCUT2D eigenvalue weighted by atomic mass is 9.99. The minimum absolute atomic E-state index is 0.226. The number of imidazole rings is 1. The van der Waals surface area contributed by atoms with Gasteiger partial charge in [0.1, 0.15) is 0 Å². The summed E-state index contributed by atoms with van der Waals surface area (Å²) in [6, 6.07) is 7.78. The molecule has 168 valence electrons. The standard InChI is InChI=1S/C23H32N4O4/c1-6-16(3)20-17(7-2)21(31-23(28)26(4)12-13-30-15-14-29-5)27-19-11-9-8-10-18(19)24-22(27)25-20/h8-11,16H,6-7,12-15H2,1-5H3. The molecule has 0 bridgehead atoms. The van der Waals surface area contributed by atoms with Gasteiger partial charge in [-0.1, -0.05) is 32.9 Å². The van der Waals surface area contributed by atoms with E-state index in [2.05, 4.69) is 25.8 Å². The molecule has 0 saturated heterocycles. The second-order valence-electron chi connectivity index (χ2n) is 7.57. The number of rotatable bonds is 10. The zero-order chi connectivity index (χ0) is 22.4. The van der Waals surface area contributed by atoms with Crippen molar-refractivity contribution in [3.8, 4) is 5.88 Å². The summed E-state index contributed by atoms with van der Waals surface area (Å²) in [6.45, 7) is 8.16. The summed E-state index contributed by atoms with van der Waals surface area (Å²) in [5, 5.41) is 0. The van der Waals surface area contributed by atoms with Crippen molar-refractivity contribution < 1.29 is 19.0 Å². The molecule has 31 heavy (non-hydrogen) atoms. The number of amides is 1. The van der Waals surface area contributed by atoms with Crippen LogP contribution in [0.1, 0.15) is 44.4 Å². The highest BCUT2D eigenvalue weighted by molar-refractivity contribution is 5.81. The SMILES string of the molecule is CCc1c(C(C)CC)nc2nc3ccccc3n2c1OC(=O)N(C)CCOCCOC. The molecule has 0 aliphatic carbocycles. The fourth-order valence-electron chi connectivity index (χ4n) is 3.45. The molecular weight excluding hydrogens is 396 g/mol. The van der Waals surface area contributed by atoms with E-state index in [1.807, 2.05) is 28.7 Å². The number of hydrogen-bond donors (Lipinski definition) is 0. The lowest BCUT2D eigenvalue weighted by molar-refractivity contribution is 0.0605. The van der Waals surface area contributed by atoms with Crippen LogP contribution in [0, 0.1) is 0 Å². The smallest absolute Gasteiger partial charge is 0.392 e. The van der Waals surface area contributed by atoms with Gasteiger partial charge in [-0.05, 0) is 30.9 Å². The molecule has 2 heterocycles. The molecule has 1 atom stereocenters. The van der Waals surface area contributed by atoms with Gasteiger partial charge < -0.3 is 19.1 Å². The Morgan fingerprint density at radius 2 is 1.94 bits per heavy atom. The first-order valence-electron chi connectivity index (χ1n) is 10.8. The lowest BCUT2D eigenvalue weighted by Crippen LogP contribution is -2.33. The number of ether oxygens (including phenoxy) is 3. The number of aromatic nitrogens is 3. The second kappa shape index (κ2) is 10.5. The lowest BCUT2D eigenvalue weighted by Gasteiger charge is -2.21. The van der Waals surface area contributed by atoms with Crippen LogP contribution in [0.15, 0.2) is 24.3 Å². The van der Waals surface area contributed by atoms with E-state index >= 15 is 0 Å². The van der Waals surface area contributed by atoms with Gasteiger partial charge in [0.2, 0.25) is 11.7 Å². The number of likely N-dealkylation sites (N-methyl/N-ethyl adjacent to an activating group) is 1. The van der Waals surface area contributed by atoms with Gasteiger partial charge in [0, 0.05) is 26.3 Å². The van der Waals surface area contributed by atoms with Gasteiger partial charge in [0.05, 0.1) is 36.5 Å². The summed E-state index contributed by atoms with van der Waals surface area (Å²) >= 11 is 0. The van der Waals surface area contributed by atoms with E-state index in [-0.39, 0.29) is 5.92 Å². The molecule has 0 saturated carbocycles. The summed E-state index contributed by atoms with van der Waals surface area (Å²) in [7, 11) is 3.33. The van der Waals surface area contributed by atoms with Crippen LogP contribution >= 0.6 is 0 Å². The molecule has 2 aromatic heterocycles. The van der Waals surface area contributed by atoms with Crippen molar-refractivity contribution in [1.82, 2.24) is 19.3 Å². The zero-order valence-electron chi connectivity index (χ0n) is 19.1. The van der Waals surface area contributed by atoms with Crippen LogP contribution in [0.3, 0.4) is 0 Å². The highest BCUT2D eigenvalue weighted by atomic mass is 16.6. The molecule has 3 rings (SSSR count). The van der Waals surface area contributed by atoms with Gasteiger partial charge in [-0.15, -0.1) is 0 Å². The normalized spacial score (nSPS) is 12.4. The Kier molecular flexibility index (Phi) is 7.81. The summed E-state index contributed by atoms with van der Waals surface area (Å²) in [4.78, 5) is 24.0. The molecule has 0 aliphatic rings. The number of hydrogen-bond acceptors (Lipinski definition) is 6. The third-order valence-electron chi connectivity index (χ3n) is 5.47. The van der Waals surface area contributed by atoms with E-state index in [0.29, 0.717) is 44.4 Å². The molecule has 0 radical (unpaired) electrons. The fraction of sp³-hybridized carbons (Fsp3) is 0.522. The molecule has 8 nitrogen and oxygen atoms in total. The average Bonchev–Trinajstić information content (AvgIpc) is 3.16. The van der Waals surface area contributed by atoms with Crippen LogP contribution in [0.5, 0.6) is 5.88 Å². The second-order valence-corrected chi connectivity index (χ2v) is 7.57. The molecule has 0 spiro atoms. The monoisotopic (exact) mass is 428 g/mol. The third-order valence-corrected chi connectivity index (χ3v) is 5.47. The first-order valence-corrected chi connectivity index (χ1v) is 10.8. The first-order chi connectivity index (χ1) is 15.0. The van der Waals surface area contributed by atoms with Crippen LogP contribution in [-0.4, -0.2) is 65.9 Å². The molecule has 1 aromatic carbocycles. The van der Waals surface area contributed by atoms with Crippen molar-refractivity contribution in [1.29, 1.82) is 0 Å². The molecule has 8 heteroatoms. The van der Waals surface area contributed by atoms with Gasteiger partial charge >= 0.3 is 6.09 Å². The largest absolute Gasteiger partial charge is 0.416 e. The van der Waals surface area contributed by atoms with Gasteiger partial charge in [0.15, 0.2) is 0 Å². The van der Waals surface area contributed by atoms with E-state index in [0.717, 1.165) is 28.7 Å². The molecule has 1 amide bonds. The minimum Gasteiger partial charge on any atom is -0.392 e. The third kappa shape index (κ3) is 4.97. The van der Waals surface area contributed by atoms with E-state index in [9.17, 15) is 4.79 Å². The summed E-state index contributed by atoms with van der Waals surface area (Å²) < 4.78 is 18.3. The van der Waals surface area contributed by atoms with Crippen LogP contribution in [0.4, 0.5) is 4.79 Å². The van der Waals surface area contributed by atoms with Crippen molar-refractivity contribution in [3.63, 3.8) is 0 Å². The van der Waals surface area contributed by atoms with Crippen molar-refractivity contribution in [2.75, 3.05) is 40.5 Å². The Balaban J connectivity index is 1.97. The average molecular weight is 429 g/mol. The van der Waals surface area contributed by atoms with Crippen molar-refractivity contribution >= 4 is 22.9 Å². The molecule has 1 unspecified atom stereocenters. The van der Waals surface area contributed by atoms with E-state index < -0.39 is 6.09 Å². The number of carbonyl (C=O) groups is 1. The summed E-state index contributed by atoms with van der Waals surface area (Å²) in [5.74, 6) is 1.26. The number of nitrogens with zero attached hydrogens (tertiary/aromatic N) is 4. The Bertz CT molecular complexity index is 1030. The predicted molar refractivity (Wildman–Crippen MR) is 120 cm³/mol. The molecule has 0 aliphatic heterocycles. The van der Waals surface area contributed by atoms with Gasteiger partial charge in [0.25, 0.3) is 0 Å². The van der Waals surface area contributed by atoms with Crippen molar-refractivity contribution in [3.05, 3.63) is 35.5 Å². The minimum atomic E-state index is -0.439. The molecule has 3 aromatic rings. The quantitative estimate of drug-likeness (QED) is 0.453. The van der Waals surface area contributed by atoms with Gasteiger partial charge in [-0.25, -0.2) is 19.2 Å². The number of methoxy groups -OCH3 is 1. The Labute approximate surface area is 183 Å². The van der Waals surface area contributed by atoms with Gasteiger partial charge in [-0.2, -0.15) is 0 Å². The van der Waals surface area contributed by atoms with Crippen LogP contribution in [0.2, 0.25) is 0 Å². The van der Waals surface area contributed by atoms with Crippen molar-refractivity contribution in [2.24, 2.45) is 0 Å². The number of para-hydroxylation sites is 2. The zero-order valence-corrected chi connectivity index (χ0v) is 19.1. The topological polar surface area (TPSA) is 78.2 Å². The van der Waals surface area contributed by atoms with Crippen LogP contribution < -0.4 is 4.74 Å². The maximum atomic E-state index is 12.9. The fourth-order valence-corrected chi connectivity index (χ4v) is 3.45. The first kappa shape index (κ1) is 23.0. The molecule has 0 N–H and O–H groups in total. The predicted octanol–water partition coefficient (Wildman–Crippen LogP) is 4.05. The maximum Gasteiger partial charge on any atom is 0.416 e. The number of fused-ring (bicyclic) bond motifs is 3. The summed E-state index contributed by atoms with van der Waals surface area (Å²) in [6.07, 6.45) is 1.19. The van der Waals surface area contributed by atoms with E-state index in [4.69, 9.17) is 19.2 Å². The molecule has 0 fully saturated rings. The Hall–Kier alpha value is -2.71. The summed E-state index contributed by atoms with van der Waals surface area (Å²) in [5.41, 5.74) is 3.54. The van der Waals surface area contributed by atoms with Crippen LogP contribution in [0.25, 0.3) is 16.8 Å². The van der Waals surface area contributed by atoms with Gasteiger partial charge in [-0.3, -0.25) is 0 Å². The highest BCUT2D eigenvalue weighted by Crippen LogP contribution is 2.32. The molecular formula is C23H32N4O4. The van der Waals surface area contributed by atoms with Crippen molar-refractivity contribution in [2.45, 2.75) is 39.5 Å². The Morgan fingerprint density at radius 1 is 1.16 bits per heavy atom.